The van der Waals surface area contributed by atoms with Crippen LogP contribution in [0.4, 0.5) is 0 Å². The minimum absolute atomic E-state index is 0.308. The first-order chi connectivity index (χ1) is 20.1. The van der Waals surface area contributed by atoms with Gasteiger partial charge in [-0.15, -0.1) is 0 Å². The van der Waals surface area contributed by atoms with Crippen LogP contribution < -0.4 is 0 Å². The lowest BCUT2D eigenvalue weighted by atomic mass is 10.1. The quantitative estimate of drug-likeness (QED) is 0.154. The van der Waals surface area contributed by atoms with E-state index >= 15 is 0 Å². The van der Waals surface area contributed by atoms with E-state index in [1.807, 2.05) is 0 Å². The Balaban J connectivity index is 1.43. The van der Waals surface area contributed by atoms with Crippen LogP contribution in [0, 0.1) is 11.8 Å². The Hall–Kier alpha value is -0.980. The summed E-state index contributed by atoms with van der Waals surface area (Å²) >= 11 is 0. The van der Waals surface area contributed by atoms with Gasteiger partial charge in [0.2, 0.25) is 0 Å². The third-order valence-corrected chi connectivity index (χ3v) is 7.86. The van der Waals surface area contributed by atoms with E-state index in [-0.39, 0.29) is 0 Å². The highest BCUT2D eigenvalue weighted by Crippen LogP contribution is 2.06. The van der Waals surface area contributed by atoms with Crippen LogP contribution in [0.25, 0.3) is 0 Å². The van der Waals surface area contributed by atoms with Gasteiger partial charge in [-0.05, 0) is 38.5 Å². The van der Waals surface area contributed by atoms with E-state index in [1.54, 1.807) is 0 Å². The van der Waals surface area contributed by atoms with Gasteiger partial charge in [0, 0.05) is 90.0 Å². The molecule has 0 aromatic rings. The molecule has 2 saturated heterocycles. The van der Waals surface area contributed by atoms with E-state index in [0.29, 0.717) is 51.4 Å². The van der Waals surface area contributed by atoms with E-state index in [9.17, 15) is 10.2 Å². The SMILES string of the molecule is C/C(CC(C)C)=N/CCN1CCN(CC(O)COCCOCC(O)CN2CCN(CC/N=C(\C)CC(C)C)CC2)CC1. The minimum Gasteiger partial charge on any atom is -0.389 e. The molecule has 2 fully saturated rings. The molecular weight excluding hydrogens is 532 g/mol. The molecule has 2 unspecified atom stereocenters. The van der Waals surface area contributed by atoms with Gasteiger partial charge in [-0.3, -0.25) is 29.6 Å². The molecule has 2 atom stereocenters. The normalized spacial score (nSPS) is 20.6. The monoisotopic (exact) mass is 596 g/mol. The molecule has 0 amide bonds. The van der Waals surface area contributed by atoms with Gasteiger partial charge in [0.25, 0.3) is 0 Å². The van der Waals surface area contributed by atoms with E-state index in [1.165, 1.54) is 11.4 Å². The zero-order valence-corrected chi connectivity index (χ0v) is 27.8. The van der Waals surface area contributed by atoms with Crippen molar-refractivity contribution in [3.8, 4) is 0 Å². The highest BCUT2D eigenvalue weighted by atomic mass is 16.5. The second kappa shape index (κ2) is 21.7. The molecule has 246 valence electrons. The fraction of sp³-hybridized carbons (Fsp3) is 0.938. The molecule has 10 nitrogen and oxygen atoms in total. The van der Waals surface area contributed by atoms with Crippen LogP contribution in [0.15, 0.2) is 9.98 Å². The summed E-state index contributed by atoms with van der Waals surface area (Å²) in [4.78, 5) is 19.0. The molecule has 0 spiro atoms. The molecule has 42 heavy (non-hydrogen) atoms. The summed E-state index contributed by atoms with van der Waals surface area (Å²) in [5.74, 6) is 1.32. The number of aliphatic hydroxyl groups is 2. The predicted octanol–water partition coefficient (Wildman–Crippen LogP) is 1.99. The Morgan fingerprint density at radius 2 is 0.929 bits per heavy atom. The largest absolute Gasteiger partial charge is 0.389 e. The summed E-state index contributed by atoms with van der Waals surface area (Å²) in [6, 6.07) is 0. The topological polar surface area (TPSA) is 96.6 Å². The molecule has 2 aliphatic heterocycles. The van der Waals surface area contributed by atoms with Crippen LogP contribution in [0.2, 0.25) is 0 Å². The van der Waals surface area contributed by atoms with E-state index < -0.39 is 12.2 Å². The summed E-state index contributed by atoms with van der Waals surface area (Å²) in [6.07, 6.45) is 1.16. The predicted molar refractivity (Wildman–Crippen MR) is 174 cm³/mol. The average Bonchev–Trinajstić information content (AvgIpc) is 2.92. The Kier molecular flexibility index (Phi) is 19.2. The maximum absolute atomic E-state index is 10.4. The van der Waals surface area contributed by atoms with E-state index in [4.69, 9.17) is 19.5 Å². The smallest absolute Gasteiger partial charge is 0.0900 e. The Morgan fingerprint density at radius 1 is 0.595 bits per heavy atom. The fourth-order valence-electron chi connectivity index (χ4n) is 5.72. The number of piperazine rings is 2. The van der Waals surface area contributed by atoms with Gasteiger partial charge in [-0.25, -0.2) is 0 Å². The van der Waals surface area contributed by atoms with Gasteiger partial charge in [0.15, 0.2) is 0 Å². The van der Waals surface area contributed by atoms with Gasteiger partial charge in [0.05, 0.1) is 51.7 Å². The summed E-state index contributed by atoms with van der Waals surface area (Å²) in [5.41, 5.74) is 2.50. The molecule has 0 aliphatic carbocycles. The first-order valence-corrected chi connectivity index (χ1v) is 16.5. The molecule has 2 aliphatic rings. The number of rotatable bonds is 21. The van der Waals surface area contributed by atoms with Gasteiger partial charge in [-0.2, -0.15) is 0 Å². The first kappa shape index (κ1) is 37.2. The molecule has 0 bridgehead atoms. The van der Waals surface area contributed by atoms with Crippen molar-refractivity contribution >= 4 is 11.4 Å². The van der Waals surface area contributed by atoms with Crippen molar-refractivity contribution < 1.29 is 19.7 Å². The lowest BCUT2D eigenvalue weighted by Crippen LogP contribution is -2.49. The van der Waals surface area contributed by atoms with Crippen LogP contribution in [-0.2, 0) is 9.47 Å². The highest BCUT2D eigenvalue weighted by molar-refractivity contribution is 5.82. The lowest BCUT2D eigenvalue weighted by Gasteiger charge is -2.35. The lowest BCUT2D eigenvalue weighted by molar-refractivity contribution is -0.0325. The maximum Gasteiger partial charge on any atom is 0.0900 e. The van der Waals surface area contributed by atoms with Crippen molar-refractivity contribution in [1.29, 1.82) is 0 Å². The minimum atomic E-state index is -0.500. The molecule has 2 rings (SSSR count). The molecule has 0 aromatic carbocycles. The standard InChI is InChI=1S/C32H64N6O4/c1-27(2)21-29(5)33-7-9-35-11-15-37(16-12-35)23-31(39)25-41-19-20-42-26-32(40)24-38-17-13-36(14-18-38)10-8-34-30(6)22-28(3)4/h27-28,31-32,39-40H,7-26H2,1-6H3/b33-29-,34-30+. The van der Waals surface area contributed by atoms with Gasteiger partial charge >= 0.3 is 0 Å². The van der Waals surface area contributed by atoms with Crippen LogP contribution in [-0.4, -0.2) is 171 Å². The molecule has 0 saturated carbocycles. The maximum atomic E-state index is 10.4. The van der Waals surface area contributed by atoms with Crippen molar-refractivity contribution in [3.05, 3.63) is 0 Å². The summed E-state index contributed by atoms with van der Waals surface area (Å²) in [6.45, 7) is 27.6. The summed E-state index contributed by atoms with van der Waals surface area (Å²) < 4.78 is 11.3. The number of nitrogens with zero attached hydrogens (tertiary/aromatic N) is 6. The zero-order chi connectivity index (χ0) is 30.7. The Morgan fingerprint density at radius 3 is 1.26 bits per heavy atom. The molecule has 0 aromatic heterocycles. The van der Waals surface area contributed by atoms with Crippen LogP contribution in [0.3, 0.4) is 0 Å². The fourth-order valence-corrected chi connectivity index (χ4v) is 5.72. The Bertz CT molecular complexity index is 687. The molecular formula is C32H64N6O4. The second-order valence-corrected chi connectivity index (χ2v) is 13.2. The molecule has 2 N–H and O–H groups in total. The van der Waals surface area contributed by atoms with Crippen LogP contribution in [0.5, 0.6) is 0 Å². The number of ether oxygens (including phenoxy) is 2. The number of hydrogen-bond donors (Lipinski definition) is 2. The van der Waals surface area contributed by atoms with Gasteiger partial charge in [-0.1, -0.05) is 27.7 Å². The molecule has 0 radical (unpaired) electrons. The van der Waals surface area contributed by atoms with Crippen molar-refractivity contribution in [1.82, 2.24) is 19.6 Å². The Labute approximate surface area is 257 Å². The summed E-state index contributed by atoms with van der Waals surface area (Å²) in [5, 5.41) is 20.8. The number of hydrogen-bond acceptors (Lipinski definition) is 10. The van der Waals surface area contributed by atoms with Gasteiger partial charge < -0.3 is 19.7 Å². The van der Waals surface area contributed by atoms with E-state index in [0.717, 1.165) is 91.4 Å². The number of aliphatic imine (C=N–C) groups is 2. The third-order valence-electron chi connectivity index (χ3n) is 7.86. The van der Waals surface area contributed by atoms with Gasteiger partial charge in [0.1, 0.15) is 0 Å². The zero-order valence-electron chi connectivity index (χ0n) is 27.8. The second-order valence-electron chi connectivity index (χ2n) is 13.2. The van der Waals surface area contributed by atoms with Crippen molar-refractivity contribution in [3.63, 3.8) is 0 Å². The number of β-amino-alcohol motifs (C(OH)–C–C–N with tert-alkyl or cyclic N) is 2. The summed E-state index contributed by atoms with van der Waals surface area (Å²) in [7, 11) is 0. The van der Waals surface area contributed by atoms with Crippen LogP contribution in [0.1, 0.15) is 54.4 Å². The van der Waals surface area contributed by atoms with Crippen molar-refractivity contribution in [2.75, 3.05) is 118 Å². The van der Waals surface area contributed by atoms with Crippen molar-refractivity contribution in [2.24, 2.45) is 21.8 Å². The molecule has 2 heterocycles. The third kappa shape index (κ3) is 18.0. The molecule has 10 heteroatoms. The van der Waals surface area contributed by atoms with E-state index in [2.05, 4.69) is 61.1 Å². The van der Waals surface area contributed by atoms with Crippen molar-refractivity contribution in [2.45, 2.75) is 66.6 Å². The first-order valence-electron chi connectivity index (χ1n) is 16.5. The number of aliphatic hydroxyl groups excluding tert-OH is 2. The average molecular weight is 597 g/mol. The van der Waals surface area contributed by atoms with Crippen LogP contribution >= 0.6 is 0 Å². The highest BCUT2D eigenvalue weighted by Gasteiger charge is 2.20.